The van der Waals surface area contributed by atoms with Crippen LogP contribution in [0.1, 0.15) is 72.4 Å². The molecule has 7 rings (SSSR count). The van der Waals surface area contributed by atoms with Crippen LogP contribution in [0.15, 0.2) is 48.9 Å². The molecule has 1 saturated carbocycles. The molecule has 0 spiro atoms. The van der Waals surface area contributed by atoms with Crippen molar-refractivity contribution >= 4 is 29.0 Å². The molecule has 2 aromatic heterocycles. The number of nitrogens with one attached hydrogen (secondary N) is 2. The van der Waals surface area contributed by atoms with Gasteiger partial charge >= 0.3 is 0 Å². The predicted molar refractivity (Wildman–Crippen MR) is 185 cm³/mol. The summed E-state index contributed by atoms with van der Waals surface area (Å²) in [4.78, 5) is 34.1. The first-order valence-electron chi connectivity index (χ1n) is 17.0. The topological polar surface area (TPSA) is 127 Å². The summed E-state index contributed by atoms with van der Waals surface area (Å²) in [6, 6.07) is 12.7. The molecule has 49 heavy (non-hydrogen) atoms. The molecule has 0 radical (unpaired) electrons. The van der Waals surface area contributed by atoms with Crippen LogP contribution >= 0.6 is 0 Å². The van der Waals surface area contributed by atoms with Crippen LogP contribution in [0.25, 0.3) is 5.69 Å². The second-order valence-electron chi connectivity index (χ2n) is 13.0. The minimum absolute atomic E-state index is 0.0755. The Kier molecular flexibility index (Phi) is 9.16. The maximum Gasteiger partial charge on any atom is 0.258 e. The highest BCUT2D eigenvalue weighted by Gasteiger charge is 2.39. The fourth-order valence-corrected chi connectivity index (χ4v) is 7.29. The van der Waals surface area contributed by atoms with Crippen LogP contribution in [0.5, 0.6) is 5.75 Å². The second-order valence-corrected chi connectivity index (χ2v) is 13.0. The van der Waals surface area contributed by atoms with Gasteiger partial charge in [-0.05, 0) is 50.1 Å². The number of piperazine rings is 1. The van der Waals surface area contributed by atoms with Crippen LogP contribution in [0.4, 0.5) is 27.5 Å². The average Bonchev–Trinajstić information content (AvgIpc) is 3.80. The van der Waals surface area contributed by atoms with E-state index in [0.29, 0.717) is 11.4 Å². The Morgan fingerprint density at radius 3 is 2.55 bits per heavy atom. The molecular formula is C36H41FN10O2. The van der Waals surface area contributed by atoms with Crippen LogP contribution in [0.3, 0.4) is 0 Å². The summed E-state index contributed by atoms with van der Waals surface area (Å²) in [6.07, 6.45) is 8.45. The number of imidazole rings is 1. The standard InChI is InChI=1S/C36H41FN10O2/c1-4-30-33-29(19-38)40-22-46(33)31-20-39-36(43-34(31)47(30)25-7-5-6-8-25)42-28-18-27(37)26(17-32(28)49-3)35(48)41-24-11-9-23(10-12-24)21-45-15-13-44(2)14-16-45/h9-12,17-18,20,22,25,30H,4-8,13-16,21H2,1-3H3,(H,41,48)(H,39,42,43). The lowest BCUT2D eigenvalue weighted by Crippen LogP contribution is -2.43. The van der Waals surface area contributed by atoms with Crippen molar-refractivity contribution in [2.75, 3.05) is 55.9 Å². The van der Waals surface area contributed by atoms with Gasteiger partial charge in [0.2, 0.25) is 5.95 Å². The number of rotatable bonds is 9. The number of nitrogens with zero attached hydrogens (tertiary/aromatic N) is 8. The highest BCUT2D eigenvalue weighted by atomic mass is 19.1. The van der Waals surface area contributed by atoms with Gasteiger partial charge in [0.1, 0.15) is 29.7 Å². The summed E-state index contributed by atoms with van der Waals surface area (Å²) in [5.74, 6) is -0.0334. The van der Waals surface area contributed by atoms with Gasteiger partial charge in [0.15, 0.2) is 11.5 Å². The van der Waals surface area contributed by atoms with Gasteiger partial charge in [-0.3, -0.25) is 14.3 Å². The summed E-state index contributed by atoms with van der Waals surface area (Å²) in [7, 11) is 3.60. The van der Waals surface area contributed by atoms with Crippen molar-refractivity contribution in [3.05, 3.63) is 77.3 Å². The van der Waals surface area contributed by atoms with Gasteiger partial charge in [0.25, 0.3) is 5.91 Å². The normalized spacial score (nSPS) is 18.1. The molecule has 2 N–H and O–H groups in total. The smallest absolute Gasteiger partial charge is 0.258 e. The summed E-state index contributed by atoms with van der Waals surface area (Å²) >= 11 is 0. The zero-order chi connectivity index (χ0) is 34.1. The molecule has 2 fully saturated rings. The number of likely N-dealkylation sites (N-methyl/N-ethyl adjacent to an activating group) is 1. The Morgan fingerprint density at radius 2 is 1.86 bits per heavy atom. The number of amides is 1. The average molecular weight is 665 g/mol. The van der Waals surface area contributed by atoms with Crippen molar-refractivity contribution in [1.82, 2.24) is 29.3 Å². The van der Waals surface area contributed by atoms with Crippen molar-refractivity contribution in [2.24, 2.45) is 0 Å². The highest BCUT2D eigenvalue weighted by molar-refractivity contribution is 6.05. The molecule has 1 amide bonds. The quantitative estimate of drug-likeness (QED) is 0.232. The zero-order valence-corrected chi connectivity index (χ0v) is 28.1. The Balaban J connectivity index is 1.11. The third-order valence-corrected chi connectivity index (χ3v) is 9.91. The van der Waals surface area contributed by atoms with E-state index >= 15 is 4.39 Å². The minimum Gasteiger partial charge on any atom is -0.495 e. The zero-order valence-electron chi connectivity index (χ0n) is 28.1. The predicted octanol–water partition coefficient (Wildman–Crippen LogP) is 5.64. The fourth-order valence-electron chi connectivity index (χ4n) is 7.29. The first-order valence-corrected chi connectivity index (χ1v) is 17.0. The highest BCUT2D eigenvalue weighted by Crippen LogP contribution is 2.44. The molecule has 0 bridgehead atoms. The van der Waals surface area contributed by atoms with Crippen molar-refractivity contribution in [2.45, 2.75) is 57.7 Å². The van der Waals surface area contributed by atoms with Crippen molar-refractivity contribution in [3.8, 4) is 17.5 Å². The van der Waals surface area contributed by atoms with E-state index in [-0.39, 0.29) is 35.0 Å². The van der Waals surface area contributed by atoms with Gasteiger partial charge in [0.05, 0.1) is 36.3 Å². The molecule has 1 atom stereocenters. The van der Waals surface area contributed by atoms with Gasteiger partial charge in [-0.1, -0.05) is 31.9 Å². The Bertz CT molecular complexity index is 1870. The lowest BCUT2D eigenvalue weighted by atomic mass is 10.0. The number of nitriles is 1. The third kappa shape index (κ3) is 6.41. The maximum absolute atomic E-state index is 15.6. The van der Waals surface area contributed by atoms with Crippen molar-refractivity contribution < 1.29 is 13.9 Å². The van der Waals surface area contributed by atoms with Crippen LogP contribution in [-0.4, -0.2) is 81.6 Å². The van der Waals surface area contributed by atoms with E-state index in [4.69, 9.17) is 9.72 Å². The summed E-state index contributed by atoms with van der Waals surface area (Å²) in [6.45, 7) is 7.10. The minimum atomic E-state index is -0.712. The molecule has 3 aliphatic rings. The van der Waals surface area contributed by atoms with Gasteiger partial charge < -0.3 is 25.2 Å². The number of anilines is 4. The molecule has 254 valence electrons. The van der Waals surface area contributed by atoms with E-state index in [1.54, 1.807) is 12.5 Å². The van der Waals surface area contributed by atoms with Gasteiger partial charge in [-0.25, -0.2) is 14.4 Å². The number of methoxy groups -OCH3 is 1. The largest absolute Gasteiger partial charge is 0.495 e. The summed E-state index contributed by atoms with van der Waals surface area (Å²) in [5.41, 5.74) is 3.88. The van der Waals surface area contributed by atoms with E-state index < -0.39 is 11.7 Å². The first kappa shape index (κ1) is 32.5. The number of benzene rings is 2. The van der Waals surface area contributed by atoms with Crippen LogP contribution in [0, 0.1) is 17.1 Å². The van der Waals surface area contributed by atoms with Crippen molar-refractivity contribution in [3.63, 3.8) is 0 Å². The van der Waals surface area contributed by atoms with Crippen LogP contribution in [-0.2, 0) is 6.54 Å². The maximum atomic E-state index is 15.6. The number of fused-ring (bicyclic) bond motifs is 3. The molecule has 1 aliphatic carbocycles. The van der Waals surface area contributed by atoms with Gasteiger partial charge in [-0.2, -0.15) is 10.2 Å². The van der Waals surface area contributed by atoms with Gasteiger partial charge in [0, 0.05) is 50.5 Å². The lowest BCUT2D eigenvalue weighted by Gasteiger charge is -2.41. The van der Waals surface area contributed by atoms with E-state index in [9.17, 15) is 10.1 Å². The molecule has 1 saturated heterocycles. The van der Waals surface area contributed by atoms with E-state index in [0.717, 1.165) is 87.6 Å². The number of carbonyl (C=O) groups is 1. The molecule has 4 heterocycles. The molecule has 1 unspecified atom stereocenters. The van der Waals surface area contributed by atoms with Crippen LogP contribution < -0.4 is 20.3 Å². The number of ether oxygens (including phenoxy) is 1. The fraction of sp³-hybridized carbons (Fsp3) is 0.417. The second kappa shape index (κ2) is 13.8. The summed E-state index contributed by atoms with van der Waals surface area (Å²) in [5, 5.41) is 15.8. The molecule has 12 nitrogen and oxygen atoms in total. The molecular weight excluding hydrogens is 623 g/mol. The number of hydrogen-bond acceptors (Lipinski definition) is 10. The lowest BCUT2D eigenvalue weighted by molar-refractivity contribution is 0.102. The SMILES string of the molecule is CCC1c2c(C#N)ncn2-c2cnc(Nc3cc(F)c(C(=O)Nc4ccc(CN5CCN(C)CC5)cc4)cc3OC)nc2N1C1CCCC1. The van der Waals surface area contributed by atoms with E-state index in [1.165, 1.54) is 19.2 Å². The first-order chi connectivity index (χ1) is 23.9. The third-order valence-electron chi connectivity index (χ3n) is 9.91. The van der Waals surface area contributed by atoms with Crippen LogP contribution in [0.2, 0.25) is 0 Å². The number of halogens is 1. The molecule has 2 aliphatic heterocycles. The Hall–Kier alpha value is -5.06. The number of carbonyl (C=O) groups excluding carboxylic acids is 1. The monoisotopic (exact) mass is 664 g/mol. The van der Waals surface area contributed by atoms with E-state index in [1.807, 2.05) is 28.8 Å². The van der Waals surface area contributed by atoms with Crippen molar-refractivity contribution in [1.29, 1.82) is 5.26 Å². The summed E-state index contributed by atoms with van der Waals surface area (Å²) < 4.78 is 23.1. The van der Waals surface area contributed by atoms with Gasteiger partial charge in [-0.15, -0.1) is 0 Å². The Labute approximate surface area is 285 Å². The van der Waals surface area contributed by atoms with E-state index in [2.05, 4.69) is 55.3 Å². The molecule has 4 aromatic rings. The molecule has 13 heteroatoms. The Morgan fingerprint density at radius 1 is 1.10 bits per heavy atom. The number of aromatic nitrogens is 4. The molecule has 2 aromatic carbocycles. The number of hydrogen-bond donors (Lipinski definition) is 2.